The minimum Gasteiger partial charge on any atom is -0.308 e. The number of hydrogen-bond donors (Lipinski definition) is 1. The van der Waals surface area contributed by atoms with E-state index in [0.29, 0.717) is 11.1 Å². The van der Waals surface area contributed by atoms with Crippen molar-refractivity contribution in [3.63, 3.8) is 0 Å². The van der Waals surface area contributed by atoms with Gasteiger partial charge in [0, 0.05) is 24.2 Å². The molecule has 2 aliphatic carbocycles. The highest BCUT2D eigenvalue weighted by Gasteiger charge is 2.48. The van der Waals surface area contributed by atoms with Crippen LogP contribution in [0.15, 0.2) is 0 Å². The molecule has 2 saturated carbocycles. The predicted molar refractivity (Wildman–Crippen MR) is 76.7 cm³/mol. The lowest BCUT2D eigenvalue weighted by molar-refractivity contribution is 0.00896. The standard InChI is InChI=1S/C16H30N2/c1-4-15(2)11-17-16(3,14-7-8-14)12-18(15)10-9-13-5-6-13/h13-14,17H,4-12H2,1-3H3. The molecule has 3 fully saturated rings. The molecule has 2 heteroatoms. The van der Waals surface area contributed by atoms with Crippen LogP contribution in [0.5, 0.6) is 0 Å². The fraction of sp³-hybridized carbons (Fsp3) is 1.00. The molecular weight excluding hydrogens is 220 g/mol. The van der Waals surface area contributed by atoms with Crippen molar-refractivity contribution < 1.29 is 0 Å². The molecule has 1 aliphatic heterocycles. The molecule has 1 N–H and O–H groups in total. The number of piperazine rings is 1. The maximum atomic E-state index is 3.89. The second-order valence-electron chi connectivity index (χ2n) is 7.55. The number of hydrogen-bond acceptors (Lipinski definition) is 2. The first-order valence-electron chi connectivity index (χ1n) is 8.06. The zero-order valence-corrected chi connectivity index (χ0v) is 12.5. The molecule has 2 unspecified atom stereocenters. The second-order valence-corrected chi connectivity index (χ2v) is 7.55. The Morgan fingerprint density at radius 2 is 1.89 bits per heavy atom. The van der Waals surface area contributed by atoms with Gasteiger partial charge in [0.15, 0.2) is 0 Å². The van der Waals surface area contributed by atoms with Crippen molar-refractivity contribution in [3.8, 4) is 0 Å². The summed E-state index contributed by atoms with van der Waals surface area (Å²) in [5.41, 5.74) is 0.793. The second kappa shape index (κ2) is 4.49. The summed E-state index contributed by atoms with van der Waals surface area (Å²) in [7, 11) is 0. The molecule has 3 aliphatic rings. The molecule has 0 amide bonds. The Kier molecular flexibility index (Phi) is 3.22. The van der Waals surface area contributed by atoms with Crippen LogP contribution in [-0.4, -0.2) is 35.6 Å². The van der Waals surface area contributed by atoms with E-state index < -0.39 is 0 Å². The van der Waals surface area contributed by atoms with Crippen LogP contribution in [0.1, 0.15) is 59.3 Å². The average molecular weight is 250 g/mol. The summed E-state index contributed by atoms with van der Waals surface area (Å²) >= 11 is 0. The molecule has 0 aromatic carbocycles. The van der Waals surface area contributed by atoms with Gasteiger partial charge in [0.2, 0.25) is 0 Å². The third kappa shape index (κ3) is 2.46. The molecule has 1 heterocycles. The van der Waals surface area contributed by atoms with E-state index in [1.54, 1.807) is 0 Å². The Morgan fingerprint density at radius 3 is 2.44 bits per heavy atom. The molecule has 0 aromatic heterocycles. The van der Waals surface area contributed by atoms with Crippen LogP contribution >= 0.6 is 0 Å². The largest absolute Gasteiger partial charge is 0.308 e. The molecule has 3 rings (SSSR count). The quantitative estimate of drug-likeness (QED) is 0.807. The minimum atomic E-state index is 0.392. The molecule has 0 bridgehead atoms. The minimum absolute atomic E-state index is 0.392. The maximum Gasteiger partial charge on any atom is 0.0309 e. The molecule has 0 radical (unpaired) electrons. The Labute approximate surface area is 113 Å². The molecule has 1 saturated heterocycles. The highest BCUT2D eigenvalue weighted by atomic mass is 15.3. The molecule has 2 nitrogen and oxygen atoms in total. The van der Waals surface area contributed by atoms with Crippen LogP contribution in [0.25, 0.3) is 0 Å². The van der Waals surface area contributed by atoms with E-state index in [-0.39, 0.29) is 0 Å². The maximum absolute atomic E-state index is 3.89. The van der Waals surface area contributed by atoms with Gasteiger partial charge in [-0.2, -0.15) is 0 Å². The van der Waals surface area contributed by atoms with Gasteiger partial charge in [0.1, 0.15) is 0 Å². The fourth-order valence-electron chi connectivity index (χ4n) is 3.58. The first-order chi connectivity index (χ1) is 8.56. The van der Waals surface area contributed by atoms with Crippen LogP contribution < -0.4 is 5.32 Å². The first kappa shape index (κ1) is 12.9. The van der Waals surface area contributed by atoms with Gasteiger partial charge in [0.25, 0.3) is 0 Å². The topological polar surface area (TPSA) is 15.3 Å². The van der Waals surface area contributed by atoms with Crippen molar-refractivity contribution in [2.75, 3.05) is 19.6 Å². The van der Waals surface area contributed by atoms with E-state index in [2.05, 4.69) is 31.0 Å². The summed E-state index contributed by atoms with van der Waals surface area (Å²) in [6.07, 6.45) is 8.59. The van der Waals surface area contributed by atoms with E-state index in [4.69, 9.17) is 0 Å². The van der Waals surface area contributed by atoms with Gasteiger partial charge < -0.3 is 5.32 Å². The molecule has 0 spiro atoms. The summed E-state index contributed by atoms with van der Waals surface area (Å²) in [5, 5.41) is 3.89. The van der Waals surface area contributed by atoms with Crippen molar-refractivity contribution in [3.05, 3.63) is 0 Å². The smallest absolute Gasteiger partial charge is 0.0309 e. The lowest BCUT2D eigenvalue weighted by atomic mass is 9.84. The fourth-order valence-corrected chi connectivity index (χ4v) is 3.58. The van der Waals surface area contributed by atoms with Crippen molar-refractivity contribution >= 4 is 0 Å². The van der Waals surface area contributed by atoms with Gasteiger partial charge >= 0.3 is 0 Å². The average Bonchev–Trinajstić information content (AvgIpc) is 3.22. The zero-order chi connectivity index (χ0) is 12.8. The van der Waals surface area contributed by atoms with Crippen LogP contribution in [0, 0.1) is 11.8 Å². The number of rotatable bonds is 5. The monoisotopic (exact) mass is 250 g/mol. The lowest BCUT2D eigenvalue weighted by Gasteiger charge is -2.52. The van der Waals surface area contributed by atoms with E-state index in [1.807, 2.05) is 0 Å². The van der Waals surface area contributed by atoms with Gasteiger partial charge in [-0.25, -0.2) is 0 Å². The van der Waals surface area contributed by atoms with Gasteiger partial charge in [-0.3, -0.25) is 4.90 Å². The van der Waals surface area contributed by atoms with Crippen LogP contribution in [-0.2, 0) is 0 Å². The number of nitrogens with one attached hydrogen (secondary N) is 1. The van der Waals surface area contributed by atoms with Crippen molar-refractivity contribution in [1.29, 1.82) is 0 Å². The van der Waals surface area contributed by atoms with Gasteiger partial charge in [-0.1, -0.05) is 19.8 Å². The third-order valence-corrected chi connectivity index (χ3v) is 5.90. The highest BCUT2D eigenvalue weighted by Crippen LogP contribution is 2.43. The van der Waals surface area contributed by atoms with Gasteiger partial charge in [-0.15, -0.1) is 0 Å². The van der Waals surface area contributed by atoms with Crippen LogP contribution in [0.2, 0.25) is 0 Å². The summed E-state index contributed by atoms with van der Waals surface area (Å²) in [6, 6.07) is 0. The van der Waals surface area contributed by atoms with E-state index in [0.717, 1.165) is 11.8 Å². The normalized spacial score (nSPS) is 42.2. The van der Waals surface area contributed by atoms with Crippen molar-refractivity contribution in [2.45, 2.75) is 70.4 Å². The molecule has 2 atom stereocenters. The van der Waals surface area contributed by atoms with E-state index in [1.165, 1.54) is 58.2 Å². The SMILES string of the molecule is CCC1(C)CNC(C)(C2CC2)CN1CCC1CC1. The van der Waals surface area contributed by atoms with Gasteiger partial charge in [-0.05, 0) is 57.9 Å². The Bertz CT molecular complexity index is 308. The zero-order valence-electron chi connectivity index (χ0n) is 12.5. The molecule has 104 valence electrons. The van der Waals surface area contributed by atoms with Crippen molar-refractivity contribution in [2.24, 2.45) is 11.8 Å². The highest BCUT2D eigenvalue weighted by molar-refractivity contribution is 5.07. The Hall–Kier alpha value is -0.0800. The lowest BCUT2D eigenvalue weighted by Crippen LogP contribution is -2.68. The van der Waals surface area contributed by atoms with Crippen molar-refractivity contribution in [1.82, 2.24) is 10.2 Å². The first-order valence-corrected chi connectivity index (χ1v) is 8.06. The predicted octanol–water partition coefficient (Wildman–Crippen LogP) is 3.03. The van der Waals surface area contributed by atoms with Crippen LogP contribution in [0.4, 0.5) is 0 Å². The Balaban J connectivity index is 1.66. The molecule has 18 heavy (non-hydrogen) atoms. The van der Waals surface area contributed by atoms with Crippen LogP contribution in [0.3, 0.4) is 0 Å². The Morgan fingerprint density at radius 1 is 1.17 bits per heavy atom. The summed E-state index contributed by atoms with van der Waals surface area (Å²) in [4.78, 5) is 2.82. The summed E-state index contributed by atoms with van der Waals surface area (Å²) in [6.45, 7) is 11.1. The van der Waals surface area contributed by atoms with E-state index in [9.17, 15) is 0 Å². The van der Waals surface area contributed by atoms with E-state index >= 15 is 0 Å². The number of nitrogens with zero attached hydrogens (tertiary/aromatic N) is 1. The molecular formula is C16H30N2. The third-order valence-electron chi connectivity index (χ3n) is 5.90. The summed E-state index contributed by atoms with van der Waals surface area (Å²) < 4.78 is 0. The molecule has 0 aromatic rings. The van der Waals surface area contributed by atoms with Gasteiger partial charge in [0.05, 0.1) is 0 Å². The summed E-state index contributed by atoms with van der Waals surface area (Å²) in [5.74, 6) is 2.01.